The standard InChI is InChI=1S/C16H12F2N6O.ClH/c1-23-8-9(7-20-23)21-14-13-16(25)19-5-6-24(13)15(22-14)12-10(17)3-2-4-11(12)18;/h2-8,21H,1H3,(H,19,25);1H. The number of aromatic nitrogens is 5. The molecule has 0 aliphatic heterocycles. The van der Waals surface area contributed by atoms with E-state index in [1.54, 1.807) is 24.1 Å². The summed E-state index contributed by atoms with van der Waals surface area (Å²) in [7, 11) is 1.74. The van der Waals surface area contributed by atoms with Crippen LogP contribution in [0.15, 0.2) is 47.8 Å². The monoisotopic (exact) mass is 378 g/mol. The molecule has 10 heteroatoms. The van der Waals surface area contributed by atoms with Gasteiger partial charge in [0, 0.05) is 25.6 Å². The van der Waals surface area contributed by atoms with Gasteiger partial charge in [0.25, 0.3) is 5.56 Å². The Morgan fingerprint density at radius 3 is 2.62 bits per heavy atom. The molecule has 0 unspecified atom stereocenters. The third-order valence-corrected chi connectivity index (χ3v) is 3.72. The molecular formula is C16H13ClF2N6O. The summed E-state index contributed by atoms with van der Waals surface area (Å²) in [6.45, 7) is 0. The molecule has 3 aromatic heterocycles. The van der Waals surface area contributed by atoms with Gasteiger partial charge in [-0.15, -0.1) is 12.4 Å². The van der Waals surface area contributed by atoms with Crippen molar-refractivity contribution in [1.29, 1.82) is 0 Å². The van der Waals surface area contributed by atoms with Crippen molar-refractivity contribution in [3.8, 4) is 11.4 Å². The number of aromatic amines is 1. The normalized spacial score (nSPS) is 10.7. The van der Waals surface area contributed by atoms with Gasteiger partial charge >= 0.3 is 0 Å². The number of H-pyrrole nitrogens is 1. The van der Waals surface area contributed by atoms with E-state index in [1.165, 1.54) is 22.9 Å². The molecule has 2 N–H and O–H groups in total. The zero-order chi connectivity index (χ0) is 17.6. The van der Waals surface area contributed by atoms with Gasteiger partial charge in [-0.05, 0) is 12.1 Å². The number of rotatable bonds is 3. The third-order valence-electron chi connectivity index (χ3n) is 3.72. The second kappa shape index (κ2) is 6.60. The van der Waals surface area contributed by atoms with Crippen LogP contribution in [0.2, 0.25) is 0 Å². The van der Waals surface area contributed by atoms with Gasteiger partial charge in [-0.2, -0.15) is 5.10 Å². The van der Waals surface area contributed by atoms with Crippen molar-refractivity contribution < 1.29 is 8.78 Å². The third kappa shape index (κ3) is 2.82. The van der Waals surface area contributed by atoms with Crippen LogP contribution >= 0.6 is 12.4 Å². The molecule has 1 aromatic carbocycles. The van der Waals surface area contributed by atoms with E-state index < -0.39 is 17.2 Å². The molecule has 3 heterocycles. The number of anilines is 2. The molecule has 4 rings (SSSR count). The molecule has 26 heavy (non-hydrogen) atoms. The Morgan fingerprint density at radius 2 is 1.96 bits per heavy atom. The van der Waals surface area contributed by atoms with E-state index in [0.29, 0.717) is 5.69 Å². The average Bonchev–Trinajstić information content (AvgIpc) is 3.13. The van der Waals surface area contributed by atoms with Crippen LogP contribution in [-0.2, 0) is 7.05 Å². The predicted octanol–water partition coefficient (Wildman–Crippen LogP) is 2.87. The van der Waals surface area contributed by atoms with Gasteiger partial charge in [0.15, 0.2) is 17.2 Å². The first-order valence-electron chi connectivity index (χ1n) is 7.34. The molecule has 0 saturated heterocycles. The first-order valence-corrected chi connectivity index (χ1v) is 7.34. The maximum Gasteiger partial charge on any atom is 0.276 e. The highest BCUT2D eigenvalue weighted by Crippen LogP contribution is 2.29. The number of nitrogens with zero attached hydrogens (tertiary/aromatic N) is 4. The van der Waals surface area contributed by atoms with Crippen molar-refractivity contribution in [1.82, 2.24) is 24.1 Å². The SMILES string of the molecule is Cl.Cn1cc(Nc2nc(-c3c(F)cccc3F)n3cc[nH]c(=O)c23)cn1. The lowest BCUT2D eigenvalue weighted by molar-refractivity contribution is 0.587. The summed E-state index contributed by atoms with van der Waals surface area (Å²) in [4.78, 5) is 19.0. The molecule has 4 aromatic rings. The summed E-state index contributed by atoms with van der Waals surface area (Å²) in [6.07, 6.45) is 6.10. The Kier molecular flexibility index (Phi) is 4.47. The minimum Gasteiger partial charge on any atom is -0.336 e. The Morgan fingerprint density at radius 1 is 1.23 bits per heavy atom. The number of hydrogen-bond donors (Lipinski definition) is 2. The summed E-state index contributed by atoms with van der Waals surface area (Å²) in [5.41, 5.74) is -0.0120. The van der Waals surface area contributed by atoms with Crippen LogP contribution in [0.1, 0.15) is 0 Å². The molecule has 0 atom stereocenters. The van der Waals surface area contributed by atoms with Gasteiger partial charge in [-0.1, -0.05) is 6.07 Å². The van der Waals surface area contributed by atoms with Crippen molar-refractivity contribution in [2.24, 2.45) is 7.05 Å². The van der Waals surface area contributed by atoms with Crippen LogP contribution in [0, 0.1) is 11.6 Å². The van der Waals surface area contributed by atoms with Crippen LogP contribution < -0.4 is 10.9 Å². The number of nitrogens with one attached hydrogen (secondary N) is 2. The zero-order valence-corrected chi connectivity index (χ0v) is 14.2. The van der Waals surface area contributed by atoms with E-state index in [1.807, 2.05) is 0 Å². The molecule has 0 aliphatic rings. The fourth-order valence-corrected chi connectivity index (χ4v) is 2.65. The van der Waals surface area contributed by atoms with Crippen molar-refractivity contribution in [3.05, 3.63) is 65.0 Å². The number of aryl methyl sites for hydroxylation is 1. The van der Waals surface area contributed by atoms with Crippen molar-refractivity contribution in [2.45, 2.75) is 0 Å². The van der Waals surface area contributed by atoms with Crippen LogP contribution in [-0.4, -0.2) is 24.1 Å². The van der Waals surface area contributed by atoms with E-state index >= 15 is 0 Å². The summed E-state index contributed by atoms with van der Waals surface area (Å²) in [5, 5.41) is 6.98. The largest absolute Gasteiger partial charge is 0.336 e. The minimum atomic E-state index is -0.764. The van der Waals surface area contributed by atoms with Gasteiger partial charge in [0.1, 0.15) is 11.6 Å². The van der Waals surface area contributed by atoms with E-state index in [2.05, 4.69) is 20.4 Å². The smallest absolute Gasteiger partial charge is 0.276 e. The number of hydrogen-bond acceptors (Lipinski definition) is 4. The average molecular weight is 379 g/mol. The van der Waals surface area contributed by atoms with Crippen LogP contribution in [0.3, 0.4) is 0 Å². The van der Waals surface area contributed by atoms with E-state index in [0.717, 1.165) is 12.1 Å². The first kappa shape index (κ1) is 17.6. The fourth-order valence-electron chi connectivity index (χ4n) is 2.65. The second-order valence-electron chi connectivity index (χ2n) is 5.42. The lowest BCUT2D eigenvalue weighted by atomic mass is 10.2. The Labute approximate surface area is 151 Å². The zero-order valence-electron chi connectivity index (χ0n) is 13.4. The number of fused-ring (bicyclic) bond motifs is 1. The van der Waals surface area contributed by atoms with E-state index in [-0.39, 0.29) is 35.1 Å². The molecule has 0 bridgehead atoms. The Balaban J connectivity index is 0.00000196. The lowest BCUT2D eigenvalue weighted by Gasteiger charge is -2.03. The predicted molar refractivity (Wildman–Crippen MR) is 94.9 cm³/mol. The Hall–Kier alpha value is -3.20. The van der Waals surface area contributed by atoms with Crippen molar-refractivity contribution >= 4 is 29.4 Å². The molecule has 0 saturated carbocycles. The number of imidazole rings is 1. The lowest BCUT2D eigenvalue weighted by Crippen LogP contribution is -2.09. The van der Waals surface area contributed by atoms with E-state index in [9.17, 15) is 13.6 Å². The van der Waals surface area contributed by atoms with Gasteiger partial charge in [0.05, 0.1) is 17.4 Å². The van der Waals surface area contributed by atoms with Gasteiger partial charge in [-0.25, -0.2) is 13.8 Å². The van der Waals surface area contributed by atoms with Crippen molar-refractivity contribution in [3.63, 3.8) is 0 Å². The van der Waals surface area contributed by atoms with Gasteiger partial charge < -0.3 is 10.3 Å². The summed E-state index contributed by atoms with van der Waals surface area (Å²) in [5.74, 6) is -1.36. The minimum absolute atomic E-state index is 0. The van der Waals surface area contributed by atoms with Crippen LogP contribution in [0.25, 0.3) is 16.9 Å². The molecule has 0 fully saturated rings. The molecule has 134 valence electrons. The molecule has 0 aliphatic carbocycles. The molecule has 7 nitrogen and oxygen atoms in total. The highest BCUT2D eigenvalue weighted by molar-refractivity contribution is 5.85. The van der Waals surface area contributed by atoms with Gasteiger partial charge in [-0.3, -0.25) is 13.9 Å². The molecule has 0 radical (unpaired) electrons. The van der Waals surface area contributed by atoms with E-state index in [4.69, 9.17) is 0 Å². The van der Waals surface area contributed by atoms with Crippen LogP contribution in [0.4, 0.5) is 20.3 Å². The topological polar surface area (TPSA) is 80.0 Å². The molecule has 0 amide bonds. The van der Waals surface area contributed by atoms with Gasteiger partial charge in [0.2, 0.25) is 0 Å². The fraction of sp³-hybridized carbons (Fsp3) is 0.0625. The Bertz CT molecular complexity index is 1130. The van der Waals surface area contributed by atoms with Crippen LogP contribution in [0.5, 0.6) is 0 Å². The van der Waals surface area contributed by atoms with Crippen molar-refractivity contribution in [2.75, 3.05) is 5.32 Å². The number of halogens is 3. The summed E-state index contributed by atoms with van der Waals surface area (Å²) >= 11 is 0. The molecular weight excluding hydrogens is 366 g/mol. The number of benzene rings is 1. The highest BCUT2D eigenvalue weighted by atomic mass is 35.5. The summed E-state index contributed by atoms with van der Waals surface area (Å²) in [6, 6.07) is 3.55. The molecule has 0 spiro atoms. The maximum atomic E-state index is 14.2. The first-order chi connectivity index (χ1) is 12.0. The maximum absolute atomic E-state index is 14.2. The highest BCUT2D eigenvalue weighted by Gasteiger charge is 2.21. The quantitative estimate of drug-likeness (QED) is 0.574. The summed E-state index contributed by atoms with van der Waals surface area (Å²) < 4.78 is 31.3. The second-order valence-corrected chi connectivity index (χ2v) is 5.42.